The van der Waals surface area contributed by atoms with E-state index in [-0.39, 0.29) is 0 Å². The first kappa shape index (κ1) is 10.8. The number of benzene rings is 1. The molecule has 0 spiro atoms. The fourth-order valence-electron chi connectivity index (χ4n) is 1.63. The molecule has 1 aliphatic carbocycles. The van der Waals surface area contributed by atoms with Crippen molar-refractivity contribution in [2.45, 2.75) is 18.4 Å². The normalized spacial score (nSPS) is 17.3. The van der Waals surface area contributed by atoms with Crippen molar-refractivity contribution in [1.82, 2.24) is 0 Å². The molecule has 1 N–H and O–H groups in total. The van der Waals surface area contributed by atoms with Crippen molar-refractivity contribution in [2.75, 3.05) is 14.2 Å². The van der Waals surface area contributed by atoms with Crippen molar-refractivity contribution in [1.29, 1.82) is 0 Å². The third-order valence-corrected chi connectivity index (χ3v) is 3.27. The molecular formula is C11H13BrO3. The molecule has 82 valence electrons. The van der Waals surface area contributed by atoms with E-state index in [1.54, 1.807) is 14.2 Å². The maximum Gasteiger partial charge on any atom is 0.139 e. The monoisotopic (exact) mass is 272 g/mol. The average molecular weight is 273 g/mol. The third kappa shape index (κ3) is 1.84. The number of aliphatic hydroxyl groups is 1. The first-order valence-electron chi connectivity index (χ1n) is 4.75. The van der Waals surface area contributed by atoms with Gasteiger partial charge in [0.15, 0.2) is 0 Å². The smallest absolute Gasteiger partial charge is 0.139 e. The van der Waals surface area contributed by atoms with Crippen LogP contribution in [0.1, 0.15) is 18.4 Å². The largest absolute Gasteiger partial charge is 0.497 e. The second kappa shape index (κ2) is 3.68. The molecule has 0 atom stereocenters. The highest BCUT2D eigenvalue weighted by Gasteiger charge is 2.45. The standard InChI is InChI=1S/C11H13BrO3/c1-14-7-5-8(11(13)3-4-11)10(15-2)9(12)6-7/h5-6,13H,3-4H2,1-2H3. The minimum absolute atomic E-state index is 0.691. The van der Waals surface area contributed by atoms with Gasteiger partial charge in [0.1, 0.15) is 11.5 Å². The van der Waals surface area contributed by atoms with Crippen LogP contribution in [0.5, 0.6) is 11.5 Å². The highest BCUT2D eigenvalue weighted by atomic mass is 79.9. The second-order valence-corrected chi connectivity index (χ2v) is 4.58. The molecule has 0 radical (unpaired) electrons. The summed E-state index contributed by atoms with van der Waals surface area (Å²) in [6.45, 7) is 0. The molecule has 4 heteroatoms. The topological polar surface area (TPSA) is 38.7 Å². The Kier molecular flexibility index (Phi) is 2.64. The zero-order valence-electron chi connectivity index (χ0n) is 8.71. The number of ether oxygens (including phenoxy) is 2. The van der Waals surface area contributed by atoms with E-state index in [1.165, 1.54) is 0 Å². The van der Waals surface area contributed by atoms with E-state index in [0.29, 0.717) is 5.75 Å². The maximum atomic E-state index is 10.1. The van der Waals surface area contributed by atoms with Crippen molar-refractivity contribution >= 4 is 15.9 Å². The van der Waals surface area contributed by atoms with Gasteiger partial charge in [0.25, 0.3) is 0 Å². The lowest BCUT2D eigenvalue weighted by Crippen LogP contribution is -2.07. The summed E-state index contributed by atoms with van der Waals surface area (Å²) in [4.78, 5) is 0. The van der Waals surface area contributed by atoms with Gasteiger partial charge in [-0.3, -0.25) is 0 Å². The van der Waals surface area contributed by atoms with Crippen LogP contribution in [0.2, 0.25) is 0 Å². The molecule has 1 saturated carbocycles. The predicted octanol–water partition coefficient (Wildman–Crippen LogP) is 2.45. The minimum atomic E-state index is -0.720. The van der Waals surface area contributed by atoms with E-state index in [2.05, 4.69) is 15.9 Å². The number of rotatable bonds is 3. The first-order valence-corrected chi connectivity index (χ1v) is 5.54. The van der Waals surface area contributed by atoms with Crippen LogP contribution in [0.3, 0.4) is 0 Å². The van der Waals surface area contributed by atoms with Crippen molar-refractivity contribution in [2.24, 2.45) is 0 Å². The minimum Gasteiger partial charge on any atom is -0.497 e. The van der Waals surface area contributed by atoms with Gasteiger partial charge < -0.3 is 14.6 Å². The van der Waals surface area contributed by atoms with E-state index in [4.69, 9.17) is 9.47 Å². The quantitative estimate of drug-likeness (QED) is 0.919. The molecule has 0 heterocycles. The number of hydrogen-bond donors (Lipinski definition) is 1. The molecule has 0 amide bonds. The summed E-state index contributed by atoms with van der Waals surface area (Å²) in [6.07, 6.45) is 1.56. The highest BCUT2D eigenvalue weighted by Crippen LogP contribution is 2.51. The molecule has 15 heavy (non-hydrogen) atoms. The van der Waals surface area contributed by atoms with Gasteiger partial charge in [-0.2, -0.15) is 0 Å². The van der Waals surface area contributed by atoms with Crippen LogP contribution in [0, 0.1) is 0 Å². The van der Waals surface area contributed by atoms with Crippen LogP contribution in [0.4, 0.5) is 0 Å². The van der Waals surface area contributed by atoms with E-state index >= 15 is 0 Å². The molecule has 0 aliphatic heterocycles. The van der Waals surface area contributed by atoms with E-state index < -0.39 is 5.60 Å². The third-order valence-electron chi connectivity index (χ3n) is 2.68. The Bertz CT molecular complexity index is 386. The molecule has 1 aromatic carbocycles. The Morgan fingerprint density at radius 1 is 1.27 bits per heavy atom. The lowest BCUT2D eigenvalue weighted by atomic mass is 10.1. The number of hydrogen-bond acceptors (Lipinski definition) is 3. The lowest BCUT2D eigenvalue weighted by molar-refractivity contribution is 0.147. The van der Waals surface area contributed by atoms with Crippen molar-refractivity contribution in [3.8, 4) is 11.5 Å². The first-order chi connectivity index (χ1) is 7.10. The molecule has 2 rings (SSSR count). The fraction of sp³-hybridized carbons (Fsp3) is 0.455. The van der Waals surface area contributed by atoms with Crippen LogP contribution in [0.25, 0.3) is 0 Å². The molecule has 1 aromatic rings. The molecule has 0 unspecified atom stereocenters. The summed E-state index contributed by atoms with van der Waals surface area (Å²) in [5.74, 6) is 1.41. The van der Waals surface area contributed by atoms with Gasteiger partial charge in [0.05, 0.1) is 24.3 Å². The second-order valence-electron chi connectivity index (χ2n) is 3.72. The molecule has 0 aromatic heterocycles. The van der Waals surface area contributed by atoms with Gasteiger partial charge in [0, 0.05) is 5.56 Å². The van der Waals surface area contributed by atoms with Gasteiger partial charge in [-0.05, 0) is 40.9 Å². The van der Waals surface area contributed by atoms with Gasteiger partial charge in [-0.25, -0.2) is 0 Å². The summed E-state index contributed by atoms with van der Waals surface area (Å²) < 4.78 is 11.2. The maximum absolute atomic E-state index is 10.1. The lowest BCUT2D eigenvalue weighted by Gasteiger charge is -2.16. The van der Waals surface area contributed by atoms with Gasteiger partial charge in [-0.1, -0.05) is 0 Å². The SMILES string of the molecule is COc1cc(Br)c(OC)c(C2(O)CC2)c1. The van der Waals surface area contributed by atoms with Gasteiger partial charge >= 0.3 is 0 Å². The van der Waals surface area contributed by atoms with Crippen LogP contribution in [-0.2, 0) is 5.60 Å². The summed E-state index contributed by atoms with van der Waals surface area (Å²) in [5, 5.41) is 10.1. The zero-order chi connectivity index (χ0) is 11.1. The van der Waals surface area contributed by atoms with Crippen LogP contribution in [-0.4, -0.2) is 19.3 Å². The molecule has 1 fully saturated rings. The molecule has 0 bridgehead atoms. The van der Waals surface area contributed by atoms with Crippen molar-refractivity contribution < 1.29 is 14.6 Å². The Morgan fingerprint density at radius 2 is 1.93 bits per heavy atom. The van der Waals surface area contributed by atoms with E-state index in [1.807, 2.05) is 12.1 Å². The fourth-order valence-corrected chi connectivity index (χ4v) is 2.23. The van der Waals surface area contributed by atoms with Crippen LogP contribution >= 0.6 is 15.9 Å². The molecule has 3 nitrogen and oxygen atoms in total. The number of methoxy groups -OCH3 is 2. The van der Waals surface area contributed by atoms with E-state index in [0.717, 1.165) is 28.6 Å². The van der Waals surface area contributed by atoms with Crippen molar-refractivity contribution in [3.63, 3.8) is 0 Å². The molecule has 0 saturated heterocycles. The van der Waals surface area contributed by atoms with Gasteiger partial charge in [0.2, 0.25) is 0 Å². The molecule has 1 aliphatic rings. The molecular weight excluding hydrogens is 260 g/mol. The Hall–Kier alpha value is -0.740. The van der Waals surface area contributed by atoms with Crippen LogP contribution < -0.4 is 9.47 Å². The Labute approximate surface area is 97.1 Å². The highest BCUT2D eigenvalue weighted by molar-refractivity contribution is 9.10. The Balaban J connectivity index is 2.53. The number of halogens is 1. The summed E-state index contributed by atoms with van der Waals surface area (Å²) in [7, 11) is 3.21. The Morgan fingerprint density at radius 3 is 2.40 bits per heavy atom. The van der Waals surface area contributed by atoms with Crippen molar-refractivity contribution in [3.05, 3.63) is 22.2 Å². The summed E-state index contributed by atoms with van der Waals surface area (Å²) >= 11 is 3.40. The summed E-state index contributed by atoms with van der Waals surface area (Å²) in [6, 6.07) is 3.66. The van der Waals surface area contributed by atoms with E-state index in [9.17, 15) is 5.11 Å². The predicted molar refractivity (Wildman–Crippen MR) is 60.4 cm³/mol. The average Bonchev–Trinajstić information content (AvgIpc) is 2.96. The van der Waals surface area contributed by atoms with Gasteiger partial charge in [-0.15, -0.1) is 0 Å². The zero-order valence-corrected chi connectivity index (χ0v) is 10.3. The summed E-state index contributed by atoms with van der Waals surface area (Å²) in [5.41, 5.74) is 0.0822. The van der Waals surface area contributed by atoms with Crippen LogP contribution in [0.15, 0.2) is 16.6 Å².